The van der Waals surface area contributed by atoms with E-state index in [0.717, 1.165) is 24.6 Å². The third-order valence-electron chi connectivity index (χ3n) is 5.29. The molecule has 1 amide bonds. The molecule has 1 atom stereocenters. The lowest BCUT2D eigenvalue weighted by Gasteiger charge is -2.30. The maximum atomic E-state index is 12.9. The van der Waals surface area contributed by atoms with Gasteiger partial charge in [0, 0.05) is 18.8 Å². The van der Waals surface area contributed by atoms with Gasteiger partial charge >= 0.3 is 5.97 Å². The van der Waals surface area contributed by atoms with E-state index < -0.39 is 5.97 Å². The van der Waals surface area contributed by atoms with Gasteiger partial charge in [0.2, 0.25) is 5.91 Å². The van der Waals surface area contributed by atoms with Crippen LogP contribution in [0, 0.1) is 5.92 Å². The van der Waals surface area contributed by atoms with Gasteiger partial charge in [-0.3, -0.25) is 14.2 Å². The molecule has 4 rings (SSSR count). The number of esters is 1. The second-order valence-corrected chi connectivity index (χ2v) is 8.84. The highest BCUT2D eigenvalue weighted by molar-refractivity contribution is 7.22. The molecule has 0 bridgehead atoms. The molecule has 2 aromatic heterocycles. The molecule has 0 saturated carbocycles. The highest BCUT2D eigenvalue weighted by atomic mass is 32.1. The van der Waals surface area contributed by atoms with Crippen LogP contribution in [0.25, 0.3) is 10.3 Å². The second-order valence-electron chi connectivity index (χ2n) is 7.87. The van der Waals surface area contributed by atoms with Gasteiger partial charge in [0.15, 0.2) is 10.8 Å². The van der Waals surface area contributed by atoms with Gasteiger partial charge in [0.05, 0.1) is 12.2 Å². The average Bonchev–Trinajstić information content (AvgIpc) is 3.22. The molecule has 1 aromatic carbocycles. The molecule has 1 aliphatic heterocycles. The van der Waals surface area contributed by atoms with Crippen LogP contribution in [0.15, 0.2) is 35.4 Å². The van der Waals surface area contributed by atoms with Crippen LogP contribution in [0.5, 0.6) is 0 Å². The van der Waals surface area contributed by atoms with Gasteiger partial charge < -0.3 is 15.0 Å². The quantitative estimate of drug-likeness (QED) is 0.570. The average molecular weight is 456 g/mol. The predicted octanol–water partition coefficient (Wildman–Crippen LogP) is 2.90. The number of hydrogen-bond donors (Lipinski definition) is 1. The number of anilines is 2. The van der Waals surface area contributed by atoms with E-state index in [4.69, 9.17) is 4.74 Å². The van der Waals surface area contributed by atoms with Crippen LogP contribution < -0.4 is 15.8 Å². The van der Waals surface area contributed by atoms with E-state index in [1.54, 1.807) is 31.2 Å². The van der Waals surface area contributed by atoms with E-state index in [1.165, 1.54) is 28.7 Å². The Labute approximate surface area is 189 Å². The molecule has 168 valence electrons. The fourth-order valence-corrected chi connectivity index (χ4v) is 4.71. The number of amides is 1. The van der Waals surface area contributed by atoms with E-state index >= 15 is 0 Å². The minimum absolute atomic E-state index is 0.171. The first-order valence-corrected chi connectivity index (χ1v) is 11.4. The number of aromatic nitrogens is 3. The Hall–Kier alpha value is -3.27. The molecule has 3 heterocycles. The Balaban J connectivity index is 1.45. The van der Waals surface area contributed by atoms with Gasteiger partial charge in [0.1, 0.15) is 17.6 Å². The van der Waals surface area contributed by atoms with Gasteiger partial charge in [-0.2, -0.15) is 4.98 Å². The van der Waals surface area contributed by atoms with E-state index in [9.17, 15) is 14.4 Å². The van der Waals surface area contributed by atoms with Crippen LogP contribution in [0.4, 0.5) is 10.8 Å². The lowest BCUT2D eigenvalue weighted by Crippen LogP contribution is -2.34. The molecular weight excluding hydrogens is 430 g/mol. The molecule has 0 aliphatic carbocycles. The summed E-state index contributed by atoms with van der Waals surface area (Å²) in [5, 5.41) is 3.53. The second kappa shape index (κ2) is 9.47. The summed E-state index contributed by atoms with van der Waals surface area (Å²) in [7, 11) is 0. The fourth-order valence-electron chi connectivity index (χ4n) is 3.71. The molecule has 0 radical (unpaired) electrons. The molecule has 32 heavy (non-hydrogen) atoms. The largest absolute Gasteiger partial charge is 0.462 e. The van der Waals surface area contributed by atoms with Crippen molar-refractivity contribution in [3.63, 3.8) is 0 Å². The van der Waals surface area contributed by atoms with Crippen LogP contribution in [0.3, 0.4) is 0 Å². The van der Waals surface area contributed by atoms with Gasteiger partial charge in [-0.25, -0.2) is 9.78 Å². The molecule has 0 unspecified atom stereocenters. The van der Waals surface area contributed by atoms with Gasteiger partial charge in [-0.1, -0.05) is 18.3 Å². The number of thiazole rings is 1. The first-order chi connectivity index (χ1) is 15.4. The minimum Gasteiger partial charge on any atom is -0.462 e. The number of ether oxygens (including phenoxy) is 1. The fraction of sp³-hybridized carbons (Fsp3) is 0.409. The summed E-state index contributed by atoms with van der Waals surface area (Å²) in [6.07, 6.45) is 3.67. The van der Waals surface area contributed by atoms with E-state index in [-0.39, 0.29) is 18.0 Å². The monoisotopic (exact) mass is 455 g/mol. The maximum Gasteiger partial charge on any atom is 0.338 e. The lowest BCUT2D eigenvalue weighted by atomic mass is 10.0. The Morgan fingerprint density at radius 3 is 2.78 bits per heavy atom. The molecule has 10 heteroatoms. The van der Waals surface area contributed by atoms with Crippen LogP contribution in [0.2, 0.25) is 0 Å². The Morgan fingerprint density at radius 1 is 1.28 bits per heavy atom. The zero-order chi connectivity index (χ0) is 22.7. The zero-order valence-electron chi connectivity index (χ0n) is 18.0. The summed E-state index contributed by atoms with van der Waals surface area (Å²) < 4.78 is 6.68. The molecule has 1 saturated heterocycles. The summed E-state index contributed by atoms with van der Waals surface area (Å²) in [6, 6.07) is 6.38. The van der Waals surface area contributed by atoms with E-state index in [0.29, 0.717) is 34.1 Å². The number of piperidine rings is 1. The maximum absolute atomic E-state index is 12.9. The Bertz CT molecular complexity index is 1190. The van der Waals surface area contributed by atoms with Crippen molar-refractivity contribution in [2.75, 3.05) is 29.9 Å². The summed E-state index contributed by atoms with van der Waals surface area (Å²) in [6.45, 7) is 5.93. The normalized spacial score (nSPS) is 16.2. The van der Waals surface area contributed by atoms with Crippen molar-refractivity contribution in [1.82, 2.24) is 14.5 Å². The zero-order valence-corrected chi connectivity index (χ0v) is 18.9. The lowest BCUT2D eigenvalue weighted by molar-refractivity contribution is -0.116. The number of rotatable bonds is 6. The molecular formula is C22H25N5O4S. The third-order valence-corrected chi connectivity index (χ3v) is 6.39. The molecule has 0 spiro atoms. The first-order valence-electron chi connectivity index (χ1n) is 10.6. The third kappa shape index (κ3) is 4.80. The molecule has 9 nitrogen and oxygen atoms in total. The van der Waals surface area contributed by atoms with Crippen molar-refractivity contribution >= 4 is 44.4 Å². The van der Waals surface area contributed by atoms with Gasteiger partial charge in [-0.15, -0.1) is 0 Å². The van der Waals surface area contributed by atoms with Crippen LogP contribution in [-0.2, 0) is 16.1 Å². The highest BCUT2D eigenvalue weighted by Crippen LogP contribution is 2.29. The van der Waals surface area contributed by atoms with Crippen LogP contribution in [0.1, 0.15) is 37.0 Å². The van der Waals surface area contributed by atoms with E-state index in [1.807, 2.05) is 0 Å². The number of carbonyl (C=O) groups is 2. The summed E-state index contributed by atoms with van der Waals surface area (Å²) in [5.74, 6) is -0.193. The Morgan fingerprint density at radius 2 is 2.06 bits per heavy atom. The summed E-state index contributed by atoms with van der Waals surface area (Å²) in [4.78, 5) is 48.1. The van der Waals surface area contributed by atoms with Gasteiger partial charge in [0.25, 0.3) is 5.56 Å². The number of fused-ring (bicyclic) bond motifs is 1. The van der Waals surface area contributed by atoms with Crippen molar-refractivity contribution in [2.24, 2.45) is 5.92 Å². The number of nitrogens with one attached hydrogen (secondary N) is 1. The SMILES string of the molecule is CCOC(=O)c1ccc(NC(=O)Cn2cnc3nc(N4CCC[C@@H](C)C4)sc3c2=O)cc1. The molecule has 3 aromatic rings. The van der Waals surface area contributed by atoms with Crippen LogP contribution >= 0.6 is 11.3 Å². The van der Waals surface area contributed by atoms with Crippen LogP contribution in [-0.4, -0.2) is 46.1 Å². The van der Waals surface area contributed by atoms with Crippen molar-refractivity contribution in [2.45, 2.75) is 33.2 Å². The smallest absolute Gasteiger partial charge is 0.338 e. The Kier molecular flexibility index (Phi) is 6.50. The van der Waals surface area contributed by atoms with Gasteiger partial charge in [-0.05, 0) is 49.9 Å². The summed E-state index contributed by atoms with van der Waals surface area (Å²) >= 11 is 1.33. The highest BCUT2D eigenvalue weighted by Gasteiger charge is 2.21. The van der Waals surface area contributed by atoms with E-state index in [2.05, 4.69) is 27.1 Å². The first kappa shape index (κ1) is 21.9. The van der Waals surface area contributed by atoms with Crippen molar-refractivity contribution in [3.05, 3.63) is 46.5 Å². The number of nitrogens with zero attached hydrogens (tertiary/aromatic N) is 4. The molecule has 1 fully saturated rings. The van der Waals surface area contributed by atoms with Crippen molar-refractivity contribution in [3.8, 4) is 0 Å². The molecule has 1 N–H and O–H groups in total. The summed E-state index contributed by atoms with van der Waals surface area (Å²) in [5.41, 5.74) is 1.06. The topological polar surface area (TPSA) is 106 Å². The molecule has 1 aliphatic rings. The van der Waals surface area contributed by atoms with Crippen molar-refractivity contribution < 1.29 is 14.3 Å². The number of carbonyl (C=O) groups excluding carboxylic acids is 2. The number of hydrogen-bond acceptors (Lipinski definition) is 8. The minimum atomic E-state index is -0.417. The predicted molar refractivity (Wildman–Crippen MR) is 123 cm³/mol. The van der Waals surface area contributed by atoms with Crippen molar-refractivity contribution in [1.29, 1.82) is 0 Å². The number of benzene rings is 1. The standard InChI is InChI=1S/C22H25N5O4S/c1-3-31-21(30)15-6-8-16(9-7-15)24-17(28)12-27-13-23-19-18(20(27)29)32-22(25-19)26-10-4-5-14(2)11-26/h6-9,13-14H,3-5,10-12H2,1-2H3,(H,24,28)/t14-/m1/s1.